The second kappa shape index (κ2) is 10.4. The van der Waals surface area contributed by atoms with Crippen LogP contribution in [0.4, 0.5) is 27.6 Å². The summed E-state index contributed by atoms with van der Waals surface area (Å²) >= 11 is 0. The molecule has 0 atom stereocenters. The summed E-state index contributed by atoms with van der Waals surface area (Å²) in [4.78, 5) is 12.9. The van der Waals surface area contributed by atoms with Crippen molar-refractivity contribution in [3.05, 3.63) is 93.8 Å². The number of ether oxygens (including phenoxy) is 2. The van der Waals surface area contributed by atoms with Crippen LogP contribution in [0.25, 0.3) is 6.08 Å². The van der Waals surface area contributed by atoms with Crippen LogP contribution in [0.15, 0.2) is 53.1 Å². The van der Waals surface area contributed by atoms with E-state index < -0.39 is 40.7 Å². The van der Waals surface area contributed by atoms with Crippen LogP contribution in [0.1, 0.15) is 30.5 Å². The number of hydrogen-bond donors (Lipinski definition) is 0. The second-order valence-corrected chi connectivity index (χ2v) is 8.19. The molecule has 0 saturated heterocycles. The summed E-state index contributed by atoms with van der Waals surface area (Å²) in [6.45, 7) is 5.76. The number of rotatable bonds is 7. The zero-order valence-electron chi connectivity index (χ0n) is 20.0. The lowest BCUT2D eigenvalue weighted by molar-refractivity contribution is -0.114. The van der Waals surface area contributed by atoms with Gasteiger partial charge in [0.15, 0.2) is 34.8 Å². The zero-order chi connectivity index (χ0) is 26.9. The lowest BCUT2D eigenvalue weighted by Gasteiger charge is -2.15. The molecule has 4 rings (SSSR count). The van der Waals surface area contributed by atoms with Gasteiger partial charge in [0.25, 0.3) is 5.91 Å². The standard InChI is InChI=1S/C27H21F5N2O3/c1-4-36-20-12-17(9-10-19(20)37-13-16-7-5-14(2)6-8-16)11-18-15(3)33-34(27(18)35)26-24(31)22(29)21(28)23(30)25(26)32/h5-12H,4,13H2,1-3H3/b18-11+. The van der Waals surface area contributed by atoms with Gasteiger partial charge in [0.1, 0.15) is 12.3 Å². The Morgan fingerprint density at radius 1 is 0.838 bits per heavy atom. The lowest BCUT2D eigenvalue weighted by Crippen LogP contribution is -2.25. The highest BCUT2D eigenvalue weighted by atomic mass is 19.2. The minimum Gasteiger partial charge on any atom is -0.490 e. The summed E-state index contributed by atoms with van der Waals surface area (Å²) in [6, 6.07) is 12.7. The van der Waals surface area contributed by atoms with Gasteiger partial charge < -0.3 is 9.47 Å². The Morgan fingerprint density at radius 3 is 2.08 bits per heavy atom. The fourth-order valence-corrected chi connectivity index (χ4v) is 3.63. The van der Waals surface area contributed by atoms with Crippen molar-refractivity contribution in [2.45, 2.75) is 27.4 Å². The summed E-state index contributed by atoms with van der Waals surface area (Å²) in [5.74, 6) is -11.2. The number of hydrogen-bond acceptors (Lipinski definition) is 4. The zero-order valence-corrected chi connectivity index (χ0v) is 20.0. The van der Waals surface area contributed by atoms with Crippen LogP contribution in [0.5, 0.6) is 11.5 Å². The van der Waals surface area contributed by atoms with E-state index >= 15 is 0 Å². The average molecular weight is 516 g/mol. The molecule has 0 spiro atoms. The van der Waals surface area contributed by atoms with E-state index in [9.17, 15) is 26.7 Å². The molecule has 10 heteroatoms. The first kappa shape index (κ1) is 25.9. The Hall–Kier alpha value is -4.21. The third-order valence-corrected chi connectivity index (χ3v) is 5.55. The summed E-state index contributed by atoms with van der Waals surface area (Å²) in [5, 5.41) is 3.90. The van der Waals surface area contributed by atoms with Gasteiger partial charge in [-0.2, -0.15) is 10.1 Å². The van der Waals surface area contributed by atoms with Crippen molar-refractivity contribution in [3.8, 4) is 11.5 Å². The molecule has 0 aliphatic carbocycles. The largest absolute Gasteiger partial charge is 0.490 e. The highest BCUT2D eigenvalue weighted by molar-refractivity contribution is 6.32. The Kier molecular flexibility index (Phi) is 7.28. The molecular weight excluding hydrogens is 495 g/mol. The number of carbonyl (C=O) groups excluding carboxylic acids is 1. The summed E-state index contributed by atoms with van der Waals surface area (Å²) in [7, 11) is 0. The number of carbonyl (C=O) groups is 1. The van der Waals surface area contributed by atoms with Gasteiger partial charge in [-0.1, -0.05) is 35.9 Å². The Labute approximate surface area is 209 Å². The van der Waals surface area contributed by atoms with Crippen LogP contribution in [-0.2, 0) is 11.4 Å². The maximum absolute atomic E-state index is 14.3. The monoisotopic (exact) mass is 516 g/mol. The first-order valence-corrected chi connectivity index (χ1v) is 11.2. The molecule has 1 aliphatic rings. The molecule has 0 bridgehead atoms. The summed E-state index contributed by atoms with van der Waals surface area (Å²) in [6.07, 6.45) is 1.37. The van der Waals surface area contributed by atoms with Gasteiger partial charge in [-0.25, -0.2) is 22.0 Å². The molecule has 0 saturated carbocycles. The topological polar surface area (TPSA) is 51.1 Å². The van der Waals surface area contributed by atoms with Crippen molar-refractivity contribution >= 4 is 23.4 Å². The number of hydrazone groups is 1. The molecule has 0 N–H and O–H groups in total. The molecule has 0 radical (unpaired) electrons. The second-order valence-electron chi connectivity index (χ2n) is 8.19. The fourth-order valence-electron chi connectivity index (χ4n) is 3.63. The van der Waals surface area contributed by atoms with Crippen molar-refractivity contribution < 1.29 is 36.2 Å². The SMILES string of the molecule is CCOc1cc(/C=C2/C(=O)N(c3c(F)c(F)c(F)c(F)c3F)N=C2C)ccc1OCc1ccc(C)cc1. The highest BCUT2D eigenvalue weighted by Crippen LogP contribution is 2.35. The van der Waals surface area contributed by atoms with E-state index in [1.165, 1.54) is 13.0 Å². The lowest BCUT2D eigenvalue weighted by atomic mass is 10.1. The smallest absolute Gasteiger partial charge is 0.280 e. The molecule has 192 valence electrons. The van der Waals surface area contributed by atoms with Gasteiger partial charge >= 0.3 is 0 Å². The van der Waals surface area contributed by atoms with Gasteiger partial charge in [0.05, 0.1) is 17.9 Å². The van der Waals surface area contributed by atoms with Crippen LogP contribution in [0.2, 0.25) is 0 Å². The number of nitrogens with zero attached hydrogens (tertiary/aromatic N) is 2. The van der Waals surface area contributed by atoms with E-state index in [2.05, 4.69) is 5.10 Å². The van der Waals surface area contributed by atoms with Crippen LogP contribution in [0.3, 0.4) is 0 Å². The number of benzene rings is 3. The van der Waals surface area contributed by atoms with Crippen molar-refractivity contribution in [2.24, 2.45) is 5.10 Å². The van der Waals surface area contributed by atoms with Crippen LogP contribution < -0.4 is 14.5 Å². The molecule has 5 nitrogen and oxygen atoms in total. The van der Waals surface area contributed by atoms with E-state index in [1.54, 1.807) is 25.1 Å². The Morgan fingerprint density at radius 2 is 1.46 bits per heavy atom. The minimum absolute atomic E-state index is 0.0200. The van der Waals surface area contributed by atoms with Gasteiger partial charge in [0.2, 0.25) is 5.82 Å². The van der Waals surface area contributed by atoms with E-state index in [1.807, 2.05) is 31.2 Å². The van der Waals surface area contributed by atoms with Gasteiger partial charge in [-0.05, 0) is 50.1 Å². The number of halogens is 5. The highest BCUT2D eigenvalue weighted by Gasteiger charge is 2.37. The first-order chi connectivity index (χ1) is 17.6. The van der Waals surface area contributed by atoms with Gasteiger partial charge in [0, 0.05) is 0 Å². The molecule has 3 aromatic carbocycles. The minimum atomic E-state index is -2.32. The van der Waals surface area contributed by atoms with Crippen molar-refractivity contribution in [2.75, 3.05) is 11.6 Å². The van der Waals surface area contributed by atoms with Crippen molar-refractivity contribution in [1.82, 2.24) is 0 Å². The molecule has 1 heterocycles. The Bertz CT molecular complexity index is 1410. The quantitative estimate of drug-likeness (QED) is 0.156. The van der Waals surface area contributed by atoms with Gasteiger partial charge in [-0.3, -0.25) is 4.79 Å². The number of aryl methyl sites for hydroxylation is 1. The van der Waals surface area contributed by atoms with E-state index in [0.29, 0.717) is 30.3 Å². The third kappa shape index (κ3) is 5.04. The average Bonchev–Trinajstić information content (AvgIpc) is 3.15. The fraction of sp³-hybridized carbons (Fsp3) is 0.185. The summed E-state index contributed by atoms with van der Waals surface area (Å²) in [5.41, 5.74) is 1.01. The van der Waals surface area contributed by atoms with E-state index in [0.717, 1.165) is 11.1 Å². The number of anilines is 1. The molecule has 3 aromatic rings. The van der Waals surface area contributed by atoms with Crippen molar-refractivity contribution in [3.63, 3.8) is 0 Å². The third-order valence-electron chi connectivity index (χ3n) is 5.55. The van der Waals surface area contributed by atoms with Gasteiger partial charge in [-0.15, -0.1) is 0 Å². The molecule has 0 fully saturated rings. The van der Waals surface area contributed by atoms with E-state index in [-0.39, 0.29) is 16.3 Å². The summed E-state index contributed by atoms with van der Waals surface area (Å²) < 4.78 is 80.9. The van der Waals surface area contributed by atoms with Crippen LogP contribution in [-0.4, -0.2) is 18.2 Å². The predicted octanol–water partition coefficient (Wildman–Crippen LogP) is 6.47. The molecule has 0 unspecified atom stereocenters. The number of amides is 1. The first-order valence-electron chi connectivity index (χ1n) is 11.2. The van der Waals surface area contributed by atoms with Crippen LogP contribution in [0, 0.1) is 36.0 Å². The molecule has 1 amide bonds. The predicted molar refractivity (Wildman–Crippen MR) is 128 cm³/mol. The molecular formula is C27H21F5N2O3. The van der Waals surface area contributed by atoms with Crippen molar-refractivity contribution in [1.29, 1.82) is 0 Å². The molecule has 1 aliphatic heterocycles. The molecule has 37 heavy (non-hydrogen) atoms. The Balaban J connectivity index is 1.62. The maximum atomic E-state index is 14.3. The molecule has 0 aromatic heterocycles. The van der Waals surface area contributed by atoms with Crippen LogP contribution >= 0.6 is 0 Å². The normalized spacial score (nSPS) is 14.4. The van der Waals surface area contributed by atoms with E-state index in [4.69, 9.17) is 9.47 Å². The maximum Gasteiger partial charge on any atom is 0.280 e.